The van der Waals surface area contributed by atoms with E-state index in [1.54, 1.807) is 0 Å². The number of hydrogen-bond donors (Lipinski definition) is 2. The molecule has 0 radical (unpaired) electrons. The van der Waals surface area contributed by atoms with Crippen LogP contribution in [0.2, 0.25) is 0 Å². The van der Waals surface area contributed by atoms with E-state index in [0.717, 1.165) is 24.5 Å². The fourth-order valence-electron chi connectivity index (χ4n) is 3.33. The molecule has 35 heavy (non-hydrogen) atoms. The van der Waals surface area contributed by atoms with Crippen molar-refractivity contribution < 1.29 is 44.3 Å². The van der Waals surface area contributed by atoms with Crippen LogP contribution in [0, 0.1) is 0 Å². The van der Waals surface area contributed by atoms with Gasteiger partial charge < -0.3 is 4.74 Å². The van der Waals surface area contributed by atoms with Crippen LogP contribution in [0.1, 0.15) is 11.1 Å². The third-order valence-corrected chi connectivity index (χ3v) is 6.13. The molecular formula is C21H15F6N3O4S. The van der Waals surface area contributed by atoms with Crippen molar-refractivity contribution in [3.63, 3.8) is 0 Å². The number of alkyl halides is 6. The zero-order valence-corrected chi connectivity index (χ0v) is 18.1. The number of halogens is 6. The lowest BCUT2D eigenvalue weighted by Gasteiger charge is -2.26. The summed E-state index contributed by atoms with van der Waals surface area (Å²) in [5.74, 6) is 0.213. The number of rotatable bonds is 6. The van der Waals surface area contributed by atoms with E-state index in [1.165, 1.54) is 47.2 Å². The standard InChI is InChI=1S/C21H15F6N3O4S/c22-20(23,24)15-5-2-4-14(10-15)19(28-12-29-34-19)11-33-18-6-1-3-13-9-16(7-8-17(13)18)30-35(31,32)21(25,26)27/h1-10,12,30H,11H2,(H,28,29). The predicted molar refractivity (Wildman–Crippen MR) is 114 cm³/mol. The lowest BCUT2D eigenvalue weighted by Crippen LogP contribution is -2.34. The zero-order chi connectivity index (χ0) is 25.5. The highest BCUT2D eigenvalue weighted by atomic mass is 32.2. The third-order valence-electron chi connectivity index (χ3n) is 5.02. The molecule has 3 aromatic rings. The minimum absolute atomic E-state index is 0.0673. The lowest BCUT2D eigenvalue weighted by atomic mass is 10.0. The number of fused-ring (bicyclic) bond motifs is 1. The molecule has 0 bridgehead atoms. The van der Waals surface area contributed by atoms with Crippen molar-refractivity contribution in [3.8, 4) is 5.75 Å². The second-order valence-electron chi connectivity index (χ2n) is 7.37. The molecule has 186 valence electrons. The van der Waals surface area contributed by atoms with Crippen molar-refractivity contribution in [2.75, 3.05) is 11.3 Å². The zero-order valence-electron chi connectivity index (χ0n) is 17.3. The second-order valence-corrected chi connectivity index (χ2v) is 9.05. The second kappa shape index (κ2) is 8.61. The summed E-state index contributed by atoms with van der Waals surface area (Å²) in [6.45, 7) is -0.362. The molecule has 14 heteroatoms. The van der Waals surface area contributed by atoms with Crippen LogP contribution < -0.4 is 14.9 Å². The summed E-state index contributed by atoms with van der Waals surface area (Å²) in [6, 6.07) is 12.6. The fourth-order valence-corrected chi connectivity index (χ4v) is 3.89. The van der Waals surface area contributed by atoms with Crippen LogP contribution >= 0.6 is 0 Å². The quantitative estimate of drug-likeness (QED) is 0.452. The molecule has 0 amide bonds. The average molecular weight is 519 g/mol. The number of anilines is 1. The summed E-state index contributed by atoms with van der Waals surface area (Å²) in [6.07, 6.45) is -3.43. The Labute approximate surface area is 194 Å². The highest BCUT2D eigenvalue weighted by molar-refractivity contribution is 7.93. The van der Waals surface area contributed by atoms with Gasteiger partial charge in [-0.25, -0.2) is 9.83 Å². The predicted octanol–water partition coefficient (Wildman–Crippen LogP) is 4.92. The van der Waals surface area contributed by atoms with Gasteiger partial charge in [0.2, 0.25) is 5.72 Å². The Morgan fingerprint density at radius 3 is 2.40 bits per heavy atom. The van der Waals surface area contributed by atoms with Crippen LogP contribution in [0.4, 0.5) is 32.0 Å². The minimum Gasteiger partial charge on any atom is -0.487 e. The number of hydroxylamine groups is 1. The van der Waals surface area contributed by atoms with Crippen molar-refractivity contribution in [2.24, 2.45) is 4.99 Å². The Kier molecular flexibility index (Phi) is 6.05. The molecule has 7 nitrogen and oxygen atoms in total. The summed E-state index contributed by atoms with van der Waals surface area (Å²) >= 11 is 0. The number of hydrogen-bond acceptors (Lipinski definition) is 6. The van der Waals surface area contributed by atoms with E-state index in [1.807, 2.05) is 0 Å². The average Bonchev–Trinajstić information content (AvgIpc) is 3.26. The summed E-state index contributed by atoms with van der Waals surface area (Å²) in [5, 5.41) is 0.739. The molecular weight excluding hydrogens is 504 g/mol. The normalized spacial score (nSPS) is 18.5. The smallest absolute Gasteiger partial charge is 0.487 e. The number of sulfonamides is 1. The van der Waals surface area contributed by atoms with Gasteiger partial charge in [-0.15, -0.1) is 0 Å². The molecule has 3 aromatic carbocycles. The maximum atomic E-state index is 13.2. The Bertz CT molecular complexity index is 1390. The van der Waals surface area contributed by atoms with Gasteiger partial charge in [-0.05, 0) is 41.8 Å². The Balaban J connectivity index is 1.61. The van der Waals surface area contributed by atoms with Gasteiger partial charge in [0.1, 0.15) is 18.7 Å². The highest BCUT2D eigenvalue weighted by Gasteiger charge is 2.46. The maximum Gasteiger partial charge on any atom is 0.516 e. The molecule has 1 unspecified atom stereocenters. The molecule has 0 fully saturated rings. The summed E-state index contributed by atoms with van der Waals surface area (Å²) < 4.78 is 107. The third kappa shape index (κ3) is 4.98. The van der Waals surface area contributed by atoms with E-state index in [9.17, 15) is 34.8 Å². The highest BCUT2D eigenvalue weighted by Crippen LogP contribution is 2.36. The van der Waals surface area contributed by atoms with Crippen LogP contribution in [-0.4, -0.2) is 26.9 Å². The first-order valence-corrected chi connectivity index (χ1v) is 11.2. The molecule has 0 saturated carbocycles. The minimum atomic E-state index is -5.60. The first-order valence-electron chi connectivity index (χ1n) is 9.70. The van der Waals surface area contributed by atoms with Gasteiger partial charge in [0.15, 0.2) is 0 Å². The van der Waals surface area contributed by atoms with Gasteiger partial charge in [-0.3, -0.25) is 10.2 Å². The molecule has 0 saturated heterocycles. The summed E-state index contributed by atoms with van der Waals surface area (Å²) in [5.41, 5.74) is -5.91. The molecule has 1 aliphatic rings. The number of aliphatic imine (C=N–C) groups is 1. The lowest BCUT2D eigenvalue weighted by molar-refractivity contribution is -0.138. The van der Waals surface area contributed by atoms with E-state index in [4.69, 9.17) is 9.57 Å². The van der Waals surface area contributed by atoms with Gasteiger partial charge in [0.05, 0.1) is 5.56 Å². The van der Waals surface area contributed by atoms with Gasteiger partial charge in [-0.2, -0.15) is 34.8 Å². The van der Waals surface area contributed by atoms with Crippen molar-refractivity contribution >= 4 is 32.8 Å². The topological polar surface area (TPSA) is 89.0 Å². The monoisotopic (exact) mass is 519 g/mol. The number of nitrogens with zero attached hydrogens (tertiary/aromatic N) is 1. The van der Waals surface area contributed by atoms with Gasteiger partial charge >= 0.3 is 21.7 Å². The van der Waals surface area contributed by atoms with Crippen molar-refractivity contribution in [2.45, 2.75) is 17.4 Å². The fraction of sp³-hybridized carbons (Fsp3) is 0.190. The summed E-state index contributed by atoms with van der Waals surface area (Å²) in [4.78, 5) is 9.49. The van der Waals surface area contributed by atoms with E-state index in [-0.39, 0.29) is 23.6 Å². The van der Waals surface area contributed by atoms with Crippen LogP contribution in [0.15, 0.2) is 65.7 Å². The Hall–Kier alpha value is -3.52. The van der Waals surface area contributed by atoms with Crippen LogP contribution in [0.5, 0.6) is 5.75 Å². The Morgan fingerprint density at radius 2 is 1.74 bits per heavy atom. The van der Waals surface area contributed by atoms with Crippen LogP contribution in [-0.2, 0) is 26.8 Å². The van der Waals surface area contributed by atoms with E-state index in [0.29, 0.717) is 10.8 Å². The molecule has 1 atom stereocenters. The van der Waals surface area contributed by atoms with Gasteiger partial charge in [-0.1, -0.05) is 24.3 Å². The van der Waals surface area contributed by atoms with E-state index in [2.05, 4.69) is 10.5 Å². The first-order chi connectivity index (χ1) is 16.3. The van der Waals surface area contributed by atoms with Gasteiger partial charge in [0.25, 0.3) is 0 Å². The number of nitrogens with one attached hydrogen (secondary N) is 2. The van der Waals surface area contributed by atoms with Gasteiger partial charge in [0, 0.05) is 16.6 Å². The van der Waals surface area contributed by atoms with Crippen LogP contribution in [0.25, 0.3) is 10.8 Å². The molecule has 1 heterocycles. The molecule has 0 aliphatic carbocycles. The van der Waals surface area contributed by atoms with Crippen molar-refractivity contribution in [3.05, 3.63) is 71.8 Å². The molecule has 0 spiro atoms. The summed E-state index contributed by atoms with van der Waals surface area (Å²) in [7, 11) is -5.60. The van der Waals surface area contributed by atoms with E-state index >= 15 is 0 Å². The van der Waals surface area contributed by atoms with Crippen molar-refractivity contribution in [1.29, 1.82) is 0 Å². The molecule has 4 rings (SSSR count). The molecule has 2 N–H and O–H groups in total. The SMILES string of the molecule is O=S(=O)(Nc1ccc2c(OCC3(c4cccc(C(F)(F)F)c4)N=CNO3)cccc2c1)C(F)(F)F. The van der Waals surface area contributed by atoms with Crippen LogP contribution in [0.3, 0.4) is 0 Å². The largest absolute Gasteiger partial charge is 0.516 e. The van der Waals surface area contributed by atoms with Crippen molar-refractivity contribution in [1.82, 2.24) is 5.48 Å². The molecule has 1 aliphatic heterocycles. The number of ether oxygens (including phenoxy) is 1. The van der Waals surface area contributed by atoms with E-state index < -0.39 is 33.0 Å². The first kappa shape index (κ1) is 24.6. The Morgan fingerprint density at radius 1 is 1.00 bits per heavy atom. The number of benzene rings is 3. The molecule has 0 aromatic heterocycles. The maximum absolute atomic E-state index is 13.2.